The number of benzene rings is 1. The van der Waals surface area contributed by atoms with Crippen LogP contribution in [0.2, 0.25) is 0 Å². The van der Waals surface area contributed by atoms with Gasteiger partial charge < -0.3 is 10.7 Å². The minimum absolute atomic E-state index is 0.244. The highest BCUT2D eigenvalue weighted by molar-refractivity contribution is 7.89. The van der Waals surface area contributed by atoms with Crippen LogP contribution in [0, 0.1) is 0 Å². The number of nitrogen functional groups attached to an aromatic ring is 1. The first-order chi connectivity index (χ1) is 8.04. The number of nitrogens with two attached hydrogens (primary N) is 1. The standard InChI is InChI=1S/C11H15N3O2S/c1-2-5-14-17(15,16)11-7-13-10-4-3-8(12)6-9(10)11/h3-4,6-7,13-14H,2,5,12H2,1H3. The fourth-order valence-electron chi connectivity index (χ4n) is 1.65. The Morgan fingerprint density at radius 2 is 2.18 bits per heavy atom. The zero-order chi connectivity index (χ0) is 12.5. The number of aromatic amines is 1. The fraction of sp³-hybridized carbons (Fsp3) is 0.273. The van der Waals surface area contributed by atoms with Gasteiger partial charge in [-0.05, 0) is 24.6 Å². The summed E-state index contributed by atoms with van der Waals surface area (Å²) in [5.41, 5.74) is 6.97. The van der Waals surface area contributed by atoms with Crippen molar-refractivity contribution in [2.45, 2.75) is 18.2 Å². The molecule has 0 bridgehead atoms. The number of H-pyrrole nitrogens is 1. The molecule has 0 spiro atoms. The molecule has 5 nitrogen and oxygen atoms in total. The van der Waals surface area contributed by atoms with E-state index in [-0.39, 0.29) is 4.90 Å². The van der Waals surface area contributed by atoms with Crippen LogP contribution in [0.5, 0.6) is 0 Å². The Morgan fingerprint density at radius 3 is 2.88 bits per heavy atom. The number of fused-ring (bicyclic) bond motifs is 1. The van der Waals surface area contributed by atoms with E-state index in [4.69, 9.17) is 5.73 Å². The van der Waals surface area contributed by atoms with Gasteiger partial charge in [0.2, 0.25) is 10.0 Å². The van der Waals surface area contributed by atoms with Crippen LogP contribution in [0.25, 0.3) is 10.9 Å². The van der Waals surface area contributed by atoms with Crippen molar-refractivity contribution in [2.24, 2.45) is 0 Å². The monoisotopic (exact) mass is 253 g/mol. The van der Waals surface area contributed by atoms with E-state index >= 15 is 0 Å². The molecule has 0 aliphatic heterocycles. The lowest BCUT2D eigenvalue weighted by molar-refractivity contribution is 0.581. The maximum absolute atomic E-state index is 12.0. The Balaban J connectivity index is 2.52. The van der Waals surface area contributed by atoms with Crippen molar-refractivity contribution in [3.8, 4) is 0 Å². The van der Waals surface area contributed by atoms with Crippen molar-refractivity contribution in [3.05, 3.63) is 24.4 Å². The van der Waals surface area contributed by atoms with E-state index in [0.29, 0.717) is 17.6 Å². The molecule has 0 aliphatic carbocycles. The molecule has 92 valence electrons. The highest BCUT2D eigenvalue weighted by atomic mass is 32.2. The predicted octanol–water partition coefficient (Wildman–Crippen LogP) is 1.44. The molecule has 17 heavy (non-hydrogen) atoms. The Labute approximate surface area is 100 Å². The summed E-state index contributed by atoms with van der Waals surface area (Å²) < 4.78 is 26.5. The molecule has 0 saturated heterocycles. The Bertz CT molecular complexity index is 631. The van der Waals surface area contributed by atoms with Crippen LogP contribution >= 0.6 is 0 Å². The summed E-state index contributed by atoms with van der Waals surface area (Å²) in [6, 6.07) is 5.16. The van der Waals surface area contributed by atoms with Gasteiger partial charge in [-0.2, -0.15) is 0 Å². The molecule has 1 aromatic carbocycles. The van der Waals surface area contributed by atoms with Crippen molar-refractivity contribution in [3.63, 3.8) is 0 Å². The smallest absolute Gasteiger partial charge is 0.242 e. The average molecular weight is 253 g/mol. The van der Waals surface area contributed by atoms with Crippen molar-refractivity contribution in [1.29, 1.82) is 0 Å². The Hall–Kier alpha value is -1.53. The quantitative estimate of drug-likeness (QED) is 0.720. The first kappa shape index (κ1) is 11.9. The zero-order valence-electron chi connectivity index (χ0n) is 9.53. The number of rotatable bonds is 4. The molecule has 0 fully saturated rings. The second kappa shape index (κ2) is 4.38. The van der Waals surface area contributed by atoms with Crippen molar-refractivity contribution < 1.29 is 8.42 Å². The van der Waals surface area contributed by atoms with Crippen molar-refractivity contribution in [2.75, 3.05) is 12.3 Å². The van der Waals surface area contributed by atoms with Gasteiger partial charge in [0.25, 0.3) is 0 Å². The first-order valence-electron chi connectivity index (χ1n) is 5.41. The van der Waals surface area contributed by atoms with Crippen LogP contribution in [0.3, 0.4) is 0 Å². The average Bonchev–Trinajstić information content (AvgIpc) is 2.70. The summed E-state index contributed by atoms with van der Waals surface area (Å²) in [7, 11) is -3.46. The lowest BCUT2D eigenvalue weighted by atomic mass is 10.2. The Kier molecular flexibility index (Phi) is 3.08. The van der Waals surface area contributed by atoms with Gasteiger partial charge in [0.15, 0.2) is 0 Å². The summed E-state index contributed by atoms with van der Waals surface area (Å²) in [6.45, 7) is 2.34. The van der Waals surface area contributed by atoms with Crippen molar-refractivity contribution in [1.82, 2.24) is 9.71 Å². The largest absolute Gasteiger partial charge is 0.399 e. The highest BCUT2D eigenvalue weighted by Gasteiger charge is 2.18. The number of hydrogen-bond donors (Lipinski definition) is 3. The third-order valence-corrected chi connectivity index (χ3v) is 4.00. The molecule has 0 atom stereocenters. The molecule has 1 heterocycles. The van der Waals surface area contributed by atoms with Gasteiger partial charge in [-0.25, -0.2) is 13.1 Å². The van der Waals surface area contributed by atoms with Gasteiger partial charge >= 0.3 is 0 Å². The molecule has 0 unspecified atom stereocenters. The molecule has 1 aromatic heterocycles. The van der Waals surface area contributed by atoms with Crippen LogP contribution in [0.15, 0.2) is 29.3 Å². The molecule has 4 N–H and O–H groups in total. The molecule has 2 rings (SSSR count). The third kappa shape index (κ3) is 2.27. The van der Waals surface area contributed by atoms with Gasteiger partial charge in [-0.3, -0.25) is 0 Å². The van der Waals surface area contributed by atoms with E-state index in [1.165, 1.54) is 6.20 Å². The summed E-state index contributed by atoms with van der Waals surface area (Å²) >= 11 is 0. The lowest BCUT2D eigenvalue weighted by Crippen LogP contribution is -2.24. The van der Waals surface area contributed by atoms with E-state index in [1.54, 1.807) is 18.2 Å². The van der Waals surface area contributed by atoms with Gasteiger partial charge in [0.1, 0.15) is 4.90 Å². The number of anilines is 1. The zero-order valence-corrected chi connectivity index (χ0v) is 10.3. The highest BCUT2D eigenvalue weighted by Crippen LogP contribution is 2.24. The molecule has 6 heteroatoms. The lowest BCUT2D eigenvalue weighted by Gasteiger charge is -2.04. The summed E-state index contributed by atoms with van der Waals surface area (Å²) in [4.78, 5) is 3.17. The summed E-state index contributed by atoms with van der Waals surface area (Å²) in [5, 5.41) is 0.619. The van der Waals surface area contributed by atoms with Gasteiger partial charge in [0, 0.05) is 29.3 Å². The van der Waals surface area contributed by atoms with Crippen LogP contribution < -0.4 is 10.5 Å². The molecular weight excluding hydrogens is 238 g/mol. The second-order valence-electron chi connectivity index (χ2n) is 3.86. The molecule has 2 aromatic rings. The van der Waals surface area contributed by atoms with E-state index in [9.17, 15) is 8.42 Å². The molecule has 0 saturated carbocycles. The number of hydrogen-bond acceptors (Lipinski definition) is 3. The summed E-state index contributed by atoms with van der Waals surface area (Å²) in [5.74, 6) is 0. The maximum Gasteiger partial charge on any atom is 0.242 e. The van der Waals surface area contributed by atoms with E-state index in [1.807, 2.05) is 6.92 Å². The maximum atomic E-state index is 12.0. The van der Waals surface area contributed by atoms with Gasteiger partial charge in [0.05, 0.1) is 0 Å². The van der Waals surface area contributed by atoms with Crippen LogP contribution in [0.1, 0.15) is 13.3 Å². The topological polar surface area (TPSA) is 88.0 Å². The van der Waals surface area contributed by atoms with Gasteiger partial charge in [-0.1, -0.05) is 6.92 Å². The Morgan fingerprint density at radius 1 is 1.41 bits per heavy atom. The fourth-order valence-corrected chi connectivity index (χ4v) is 2.95. The number of aromatic nitrogens is 1. The van der Waals surface area contributed by atoms with E-state index in [0.717, 1.165) is 11.9 Å². The number of sulfonamides is 1. The summed E-state index contributed by atoms with van der Waals surface area (Å²) in [6.07, 6.45) is 2.24. The van der Waals surface area contributed by atoms with E-state index < -0.39 is 10.0 Å². The minimum atomic E-state index is -3.46. The van der Waals surface area contributed by atoms with Crippen molar-refractivity contribution >= 4 is 26.6 Å². The van der Waals surface area contributed by atoms with Crippen LogP contribution in [0.4, 0.5) is 5.69 Å². The minimum Gasteiger partial charge on any atom is -0.399 e. The molecule has 0 radical (unpaired) electrons. The van der Waals surface area contributed by atoms with Crippen LogP contribution in [-0.2, 0) is 10.0 Å². The predicted molar refractivity (Wildman–Crippen MR) is 68.2 cm³/mol. The second-order valence-corrected chi connectivity index (χ2v) is 5.59. The molecule has 0 aliphatic rings. The molecule has 0 amide bonds. The van der Waals surface area contributed by atoms with Gasteiger partial charge in [-0.15, -0.1) is 0 Å². The van der Waals surface area contributed by atoms with Crippen LogP contribution in [-0.4, -0.2) is 19.9 Å². The molecular formula is C11H15N3O2S. The third-order valence-electron chi connectivity index (χ3n) is 2.50. The normalized spacial score (nSPS) is 12.1. The number of nitrogens with one attached hydrogen (secondary N) is 2. The first-order valence-corrected chi connectivity index (χ1v) is 6.89. The SMILES string of the molecule is CCCNS(=O)(=O)c1c[nH]c2ccc(N)cc12. The van der Waals surface area contributed by atoms with E-state index in [2.05, 4.69) is 9.71 Å².